The van der Waals surface area contributed by atoms with Crippen molar-refractivity contribution in [2.24, 2.45) is 10.8 Å². The van der Waals surface area contributed by atoms with E-state index in [4.69, 9.17) is 27.6 Å². The molecule has 11 heteroatoms. The topological polar surface area (TPSA) is 88.4 Å². The van der Waals surface area contributed by atoms with Crippen LogP contribution in [0.4, 0.5) is 20.2 Å². The summed E-state index contributed by atoms with van der Waals surface area (Å²) in [5.74, 6) is -2.93. The van der Waals surface area contributed by atoms with Gasteiger partial charge in [0.25, 0.3) is 0 Å². The van der Waals surface area contributed by atoms with Crippen molar-refractivity contribution in [3.8, 4) is 11.3 Å². The van der Waals surface area contributed by atoms with Gasteiger partial charge in [-0.1, -0.05) is 84.4 Å². The predicted molar refractivity (Wildman–Crippen MR) is 157 cm³/mol. The van der Waals surface area contributed by atoms with Gasteiger partial charge in [-0.2, -0.15) is 0 Å². The first-order valence-corrected chi connectivity index (χ1v) is 16.5. The molecule has 0 saturated heterocycles. The van der Waals surface area contributed by atoms with Crippen LogP contribution in [0.5, 0.6) is 0 Å². The molecular weight excluding hydrogens is 565 g/mol. The van der Waals surface area contributed by atoms with Crippen molar-refractivity contribution in [2.75, 3.05) is 10.6 Å². The van der Waals surface area contributed by atoms with E-state index >= 15 is 8.78 Å². The Balaban J connectivity index is 2.30. The Morgan fingerprint density at radius 1 is 0.821 bits per heavy atom. The van der Waals surface area contributed by atoms with Crippen molar-refractivity contribution in [3.05, 3.63) is 50.1 Å². The van der Waals surface area contributed by atoms with Gasteiger partial charge in [-0.25, -0.2) is 8.78 Å². The van der Waals surface area contributed by atoms with Crippen LogP contribution in [0.25, 0.3) is 22.3 Å². The second-order valence-electron chi connectivity index (χ2n) is 12.5. The maximum absolute atomic E-state index is 15.9. The lowest BCUT2D eigenvalue weighted by Gasteiger charge is -2.24. The largest absolute Gasteiger partial charge is 0.453 e. The van der Waals surface area contributed by atoms with E-state index in [0.717, 1.165) is 6.07 Å². The van der Waals surface area contributed by atoms with Crippen LogP contribution in [-0.2, 0) is 9.59 Å². The molecule has 0 aliphatic heterocycles. The van der Waals surface area contributed by atoms with Gasteiger partial charge in [-0.3, -0.25) is 14.4 Å². The molecule has 6 nitrogen and oxygen atoms in total. The summed E-state index contributed by atoms with van der Waals surface area (Å²) in [6.45, 7) is 15.3. The third kappa shape index (κ3) is 6.20. The highest BCUT2D eigenvalue weighted by molar-refractivity contribution is 6.89. The fourth-order valence-electron chi connectivity index (χ4n) is 3.68. The summed E-state index contributed by atoms with van der Waals surface area (Å²) in [6.07, 6.45) is 0. The van der Waals surface area contributed by atoms with Gasteiger partial charge in [0.15, 0.2) is 16.8 Å². The highest BCUT2D eigenvalue weighted by atomic mass is 35.5. The fraction of sp³-hybridized carbons (Fsp3) is 0.393. The van der Waals surface area contributed by atoms with Crippen LogP contribution >= 0.6 is 23.2 Å². The summed E-state index contributed by atoms with van der Waals surface area (Å²) in [5, 5.41) is 4.68. The third-order valence-electron chi connectivity index (χ3n) is 5.97. The lowest BCUT2D eigenvalue weighted by atomic mass is 9.95. The van der Waals surface area contributed by atoms with Gasteiger partial charge in [-0.15, -0.1) is 0 Å². The standard InChI is InChI=1S/C28H32Cl2F2N2O4Si/c1-27(2,3)25(36)33-21-14(29)10-13(11-15(21)30)17-12-16(35)18-22(34-26(37)28(4,5)6)19(31)24(39(7,8)9)20(32)23(18)38-17/h10-12H,1-9H3,(H,33,36)(H,34,37). The van der Waals surface area contributed by atoms with E-state index in [9.17, 15) is 14.4 Å². The van der Waals surface area contributed by atoms with Crippen LogP contribution in [0, 0.1) is 22.5 Å². The van der Waals surface area contributed by atoms with Crippen LogP contribution in [0.1, 0.15) is 41.5 Å². The van der Waals surface area contributed by atoms with Gasteiger partial charge in [0.05, 0.1) is 34.9 Å². The van der Waals surface area contributed by atoms with E-state index in [0.29, 0.717) is 0 Å². The molecule has 2 amide bonds. The number of rotatable bonds is 4. The Morgan fingerprint density at radius 2 is 1.28 bits per heavy atom. The molecule has 2 N–H and O–H groups in total. The number of halogens is 4. The zero-order valence-electron chi connectivity index (χ0n) is 23.4. The van der Waals surface area contributed by atoms with E-state index in [2.05, 4.69) is 10.6 Å². The Kier molecular flexibility index (Phi) is 8.16. The number of amides is 2. The Morgan fingerprint density at radius 3 is 1.72 bits per heavy atom. The minimum Gasteiger partial charge on any atom is -0.453 e. The van der Waals surface area contributed by atoms with Crippen LogP contribution in [-0.4, -0.2) is 19.9 Å². The summed E-state index contributed by atoms with van der Waals surface area (Å²) >= 11 is 12.8. The van der Waals surface area contributed by atoms with E-state index in [1.807, 2.05) is 0 Å². The maximum atomic E-state index is 15.9. The minimum absolute atomic E-state index is 0.0679. The van der Waals surface area contributed by atoms with Crippen LogP contribution in [0.3, 0.4) is 0 Å². The second kappa shape index (κ2) is 10.3. The zero-order chi connectivity index (χ0) is 29.8. The Hall–Kier alpha value is -2.75. The molecule has 210 valence electrons. The Labute approximate surface area is 237 Å². The summed E-state index contributed by atoms with van der Waals surface area (Å²) in [6, 6.07) is 3.88. The molecule has 1 heterocycles. The van der Waals surface area contributed by atoms with Gasteiger partial charge in [-0.05, 0) is 12.1 Å². The normalized spacial score (nSPS) is 12.5. The minimum atomic E-state index is -2.68. The number of carbonyl (C=O) groups excluding carboxylic acids is 2. The monoisotopic (exact) mass is 596 g/mol. The molecule has 3 rings (SSSR count). The van der Waals surface area contributed by atoms with Crippen molar-refractivity contribution >= 4 is 70.6 Å². The number of carbonyl (C=O) groups is 2. The van der Waals surface area contributed by atoms with Crippen molar-refractivity contribution in [1.82, 2.24) is 0 Å². The van der Waals surface area contributed by atoms with Gasteiger partial charge < -0.3 is 15.1 Å². The number of benzene rings is 2. The number of nitrogens with one attached hydrogen (secondary N) is 2. The summed E-state index contributed by atoms with van der Waals surface area (Å²) in [5.41, 5.74) is -2.89. The first kappa shape index (κ1) is 30.8. The molecule has 39 heavy (non-hydrogen) atoms. The lowest BCUT2D eigenvalue weighted by Crippen LogP contribution is -2.43. The van der Waals surface area contributed by atoms with Crippen molar-refractivity contribution in [2.45, 2.75) is 61.2 Å². The van der Waals surface area contributed by atoms with E-state index in [1.165, 1.54) is 12.1 Å². The quantitative estimate of drug-likeness (QED) is 0.304. The van der Waals surface area contributed by atoms with Crippen molar-refractivity contribution in [3.63, 3.8) is 0 Å². The number of fused-ring (bicyclic) bond motifs is 1. The molecule has 0 aliphatic rings. The predicted octanol–water partition coefficient (Wildman–Crippen LogP) is 7.56. The summed E-state index contributed by atoms with van der Waals surface area (Å²) in [7, 11) is -2.68. The number of anilines is 2. The molecule has 0 aliphatic carbocycles. The molecule has 0 saturated carbocycles. The molecule has 0 fully saturated rings. The first-order valence-electron chi connectivity index (χ1n) is 12.3. The highest BCUT2D eigenvalue weighted by Gasteiger charge is 2.34. The highest BCUT2D eigenvalue weighted by Crippen LogP contribution is 2.38. The second-order valence-corrected chi connectivity index (χ2v) is 18.3. The van der Waals surface area contributed by atoms with Gasteiger partial charge in [0.2, 0.25) is 11.8 Å². The first-order chi connectivity index (χ1) is 17.6. The number of hydrogen-bond donors (Lipinski definition) is 2. The van der Waals surface area contributed by atoms with Gasteiger partial charge in [0, 0.05) is 27.6 Å². The number of hydrogen-bond acceptors (Lipinski definition) is 4. The molecule has 0 radical (unpaired) electrons. The molecule has 0 spiro atoms. The van der Waals surface area contributed by atoms with Crippen LogP contribution in [0.15, 0.2) is 27.4 Å². The SMILES string of the molecule is CC(C)(C)C(=O)Nc1c(Cl)cc(-c2cc(=O)c3c(NC(=O)C(C)(C)C)c(F)c([Si](C)(C)C)c(F)c3o2)cc1Cl. The fourth-order valence-corrected chi connectivity index (χ4v) is 5.82. The third-order valence-corrected chi connectivity index (χ3v) is 8.51. The van der Waals surface area contributed by atoms with Crippen LogP contribution in [0.2, 0.25) is 29.7 Å². The van der Waals surface area contributed by atoms with Crippen LogP contribution < -0.4 is 21.2 Å². The molecule has 3 aromatic rings. The van der Waals surface area contributed by atoms with Gasteiger partial charge >= 0.3 is 0 Å². The molecular formula is C28H32Cl2F2N2O4Si. The molecule has 0 bridgehead atoms. The van der Waals surface area contributed by atoms with E-state index < -0.39 is 58.5 Å². The Bertz CT molecular complexity index is 1540. The lowest BCUT2D eigenvalue weighted by molar-refractivity contribution is -0.123. The van der Waals surface area contributed by atoms with E-state index in [-0.39, 0.29) is 38.2 Å². The smallest absolute Gasteiger partial charge is 0.229 e. The zero-order valence-corrected chi connectivity index (χ0v) is 25.9. The molecule has 2 aromatic carbocycles. The van der Waals surface area contributed by atoms with Gasteiger partial charge in [0.1, 0.15) is 11.6 Å². The molecule has 0 unspecified atom stereocenters. The van der Waals surface area contributed by atoms with Crippen molar-refractivity contribution in [1.29, 1.82) is 0 Å². The van der Waals surface area contributed by atoms with E-state index in [1.54, 1.807) is 61.2 Å². The summed E-state index contributed by atoms with van der Waals surface area (Å²) < 4.78 is 37.5. The maximum Gasteiger partial charge on any atom is 0.229 e. The average molecular weight is 598 g/mol. The molecule has 1 aromatic heterocycles. The van der Waals surface area contributed by atoms with Crippen molar-refractivity contribution < 1.29 is 22.8 Å². The summed E-state index contributed by atoms with van der Waals surface area (Å²) in [4.78, 5) is 38.5. The average Bonchev–Trinajstić information content (AvgIpc) is 2.76. The molecule has 0 atom stereocenters.